The van der Waals surface area contributed by atoms with Crippen LogP contribution < -0.4 is 30.6 Å². The first-order chi connectivity index (χ1) is 15.3. The van der Waals surface area contributed by atoms with E-state index >= 15 is 0 Å². The molecule has 0 spiro atoms. The fraction of sp³-hybridized carbons (Fsp3) is 0.714. The van der Waals surface area contributed by atoms with Gasteiger partial charge in [0.2, 0.25) is 0 Å². The zero-order valence-electron chi connectivity index (χ0n) is 18.7. The van der Waals surface area contributed by atoms with Gasteiger partial charge < -0.3 is 101 Å². The van der Waals surface area contributed by atoms with Crippen LogP contribution in [0.5, 0.6) is 0 Å². The van der Waals surface area contributed by atoms with Crippen LogP contribution in [0.25, 0.3) is 0 Å². The molecule has 8 atom stereocenters. The third kappa shape index (κ3) is 33.0. The van der Waals surface area contributed by atoms with Gasteiger partial charge in [0.05, 0.1) is 25.2 Å². The zero-order valence-corrected chi connectivity index (χ0v) is 25.3. The summed E-state index contributed by atoms with van der Waals surface area (Å²) in [6, 6.07) is 0. The molecule has 0 amide bonds. The third-order valence-electron chi connectivity index (χ3n) is 2.99. The molecule has 0 radical (unpaired) electrons. The van der Waals surface area contributed by atoms with E-state index in [9.17, 15) is 19.8 Å². The second kappa shape index (κ2) is 31.4. The van der Waals surface area contributed by atoms with Gasteiger partial charge in [-0.2, -0.15) is 0 Å². The van der Waals surface area contributed by atoms with E-state index in [0.717, 1.165) is 0 Å². The minimum Gasteiger partial charge on any atom is -0.652 e. The summed E-state index contributed by atoms with van der Waals surface area (Å²) in [5, 5.41) is 140. The van der Waals surface area contributed by atoms with Gasteiger partial charge in [-0.1, -0.05) is 0 Å². The molecule has 0 aliphatic carbocycles. The molecule has 23 heteroatoms. The minimum atomic E-state index is -2.33. The Balaban J connectivity index is -0.0000000709. The molecule has 0 aromatic carbocycles. The molecule has 20 nitrogen and oxygen atoms in total. The normalized spacial score (nSPS) is 15.6. The second-order valence-electron chi connectivity index (χ2n) is 5.49. The van der Waals surface area contributed by atoms with Crippen LogP contribution in [0.2, 0.25) is 0 Å². The molecule has 0 aromatic rings. The molecule has 0 rings (SSSR count). The maximum Gasteiger partial charge on any atom is 2.00 e. The predicted molar refractivity (Wildman–Crippen MR) is 100 cm³/mol. The number of aliphatic hydroxyl groups is 10. The van der Waals surface area contributed by atoms with Crippen LogP contribution in [0.1, 0.15) is 0 Å². The SMILES string of the molecule is O=C([O-])C(O)C(O)C(O)C(O)CO.O=C([O-])C(O)C(O)C(O)C(O)CO.O=C([O-])[O-].O=C([O-])[O-].[Ca+2].[Ca+2].[Ca+2]. The van der Waals surface area contributed by atoms with Crippen LogP contribution >= 0.6 is 0 Å². The number of aliphatic hydroxyl groups excluding tert-OH is 10. The van der Waals surface area contributed by atoms with Crippen LogP contribution in [0.3, 0.4) is 0 Å². The van der Waals surface area contributed by atoms with E-state index in [4.69, 9.17) is 81.1 Å². The van der Waals surface area contributed by atoms with Crippen molar-refractivity contribution < 1.29 is 101 Å². The smallest absolute Gasteiger partial charge is 0.652 e. The topological polar surface area (TPSA) is 409 Å². The Labute approximate surface area is 296 Å². The first-order valence-electron chi connectivity index (χ1n) is 8.13. The van der Waals surface area contributed by atoms with E-state index in [1.165, 1.54) is 0 Å². The van der Waals surface area contributed by atoms with Crippen molar-refractivity contribution in [2.24, 2.45) is 0 Å². The van der Waals surface area contributed by atoms with Crippen LogP contribution in [0, 0.1) is 0 Å². The van der Waals surface area contributed by atoms with Crippen molar-refractivity contribution >= 4 is 137 Å². The molecule has 37 heavy (non-hydrogen) atoms. The largest absolute Gasteiger partial charge is 2.00 e. The number of carbonyl (C=O) groups excluding carboxylic acids is 4. The van der Waals surface area contributed by atoms with E-state index in [2.05, 4.69) is 0 Å². The Kier molecular flexibility index (Phi) is 45.8. The summed E-state index contributed by atoms with van der Waals surface area (Å²) >= 11 is 0. The van der Waals surface area contributed by atoms with E-state index in [1.54, 1.807) is 0 Å². The standard InChI is InChI=1S/2C6H12O7.2CH2O3.3Ca/c2*7-1-2(8)3(9)4(10)5(11)6(12)13;2*2-1(3)4;;;/h2*2-5,7-11H,1H2,(H,12,13);2*(H2,2,3,4);;;/q;;;;3*+2/p-6. The Morgan fingerprint density at radius 1 is 0.459 bits per heavy atom. The quantitative estimate of drug-likeness (QED) is 0.100. The maximum atomic E-state index is 9.98. The van der Waals surface area contributed by atoms with Crippen molar-refractivity contribution in [3.05, 3.63) is 0 Å². The number of hydrogen-bond acceptors (Lipinski definition) is 20. The van der Waals surface area contributed by atoms with Crippen molar-refractivity contribution in [2.75, 3.05) is 13.2 Å². The summed E-state index contributed by atoms with van der Waals surface area (Å²) in [6.45, 7) is -1.73. The number of aliphatic carboxylic acids is 2. The van der Waals surface area contributed by atoms with Gasteiger partial charge in [-0.05, 0) is 12.3 Å². The zero-order chi connectivity index (χ0) is 28.3. The monoisotopic (exact) mass is 630 g/mol. The van der Waals surface area contributed by atoms with Crippen LogP contribution in [-0.4, -0.2) is 251 Å². The molecule has 10 N–H and O–H groups in total. The first kappa shape index (κ1) is 54.0. The van der Waals surface area contributed by atoms with Crippen molar-refractivity contribution in [2.45, 2.75) is 48.8 Å². The van der Waals surface area contributed by atoms with Gasteiger partial charge in [0.25, 0.3) is 0 Å². The number of carboxylic acid groups (broad SMARTS) is 6. The molecule has 0 fully saturated rings. The van der Waals surface area contributed by atoms with Gasteiger partial charge in [0, 0.05) is 0 Å². The molecule has 204 valence electrons. The van der Waals surface area contributed by atoms with E-state index in [-0.39, 0.29) is 113 Å². The van der Waals surface area contributed by atoms with Crippen molar-refractivity contribution in [1.29, 1.82) is 0 Å². The van der Waals surface area contributed by atoms with Gasteiger partial charge in [0.1, 0.15) is 48.8 Å². The molecule has 8 unspecified atom stereocenters. The fourth-order valence-electron chi connectivity index (χ4n) is 1.32. The molecule has 0 saturated carbocycles. The first-order valence-corrected chi connectivity index (χ1v) is 8.13. The molecule has 0 heterocycles. The van der Waals surface area contributed by atoms with Gasteiger partial charge in [0.15, 0.2) is 0 Å². The molecule has 0 bridgehead atoms. The van der Waals surface area contributed by atoms with Crippen LogP contribution in [0.4, 0.5) is 9.59 Å². The second-order valence-corrected chi connectivity index (χ2v) is 5.49. The van der Waals surface area contributed by atoms with E-state index < -0.39 is 86.3 Å². The van der Waals surface area contributed by atoms with Crippen molar-refractivity contribution in [3.63, 3.8) is 0 Å². The summed E-state index contributed by atoms with van der Waals surface area (Å²) in [6.07, 6.45) is -20.8. The summed E-state index contributed by atoms with van der Waals surface area (Å²) in [4.78, 5) is 36.6. The van der Waals surface area contributed by atoms with Gasteiger partial charge in [-0.3, -0.25) is 0 Å². The predicted octanol–water partition coefficient (Wildman–Crippen LogP) is -15.7. The Bertz CT molecular complexity index is 539. The Hall–Kier alpha value is 0.859. The van der Waals surface area contributed by atoms with Gasteiger partial charge >= 0.3 is 113 Å². The summed E-state index contributed by atoms with van der Waals surface area (Å²) < 4.78 is 0. The Morgan fingerprint density at radius 2 is 0.622 bits per heavy atom. The van der Waals surface area contributed by atoms with E-state index in [0.29, 0.717) is 0 Å². The van der Waals surface area contributed by atoms with Crippen LogP contribution in [-0.2, 0) is 9.59 Å². The van der Waals surface area contributed by atoms with Crippen molar-refractivity contribution in [3.8, 4) is 0 Å². The average Bonchev–Trinajstić information content (AvgIpc) is 2.74. The van der Waals surface area contributed by atoms with Crippen LogP contribution in [0.15, 0.2) is 0 Å². The Morgan fingerprint density at radius 3 is 0.730 bits per heavy atom. The summed E-state index contributed by atoms with van der Waals surface area (Å²) in [5.41, 5.74) is 0. The van der Waals surface area contributed by atoms with Gasteiger partial charge in [-0.15, -0.1) is 0 Å². The fourth-order valence-corrected chi connectivity index (χ4v) is 1.32. The van der Waals surface area contributed by atoms with Gasteiger partial charge in [-0.25, -0.2) is 0 Å². The average molecular weight is 631 g/mol. The number of rotatable bonds is 10. The van der Waals surface area contributed by atoms with Crippen molar-refractivity contribution in [1.82, 2.24) is 0 Å². The van der Waals surface area contributed by atoms with E-state index in [1.807, 2.05) is 0 Å². The molecule has 0 aliphatic heterocycles. The molecular weight excluding hydrogens is 608 g/mol. The summed E-state index contributed by atoms with van der Waals surface area (Å²) in [5.74, 6) is -3.95. The number of hydrogen-bond donors (Lipinski definition) is 10. The number of carbonyl (C=O) groups is 4. The molecule has 0 aromatic heterocycles. The summed E-state index contributed by atoms with van der Waals surface area (Å²) in [7, 11) is 0. The maximum absolute atomic E-state index is 9.98. The third-order valence-corrected chi connectivity index (χ3v) is 2.99. The molecule has 0 saturated heterocycles. The molecular formula is C14H22Ca3O20. The molecule has 0 aliphatic rings. The number of carboxylic acids is 2. The minimum absolute atomic E-state index is 0.